The summed E-state index contributed by atoms with van der Waals surface area (Å²) < 4.78 is 30.7. The number of hydrogen-bond acceptors (Lipinski definition) is 3. The van der Waals surface area contributed by atoms with Crippen LogP contribution in [0.2, 0.25) is 0 Å². The summed E-state index contributed by atoms with van der Waals surface area (Å²) in [5.74, 6) is -0.504. The molecule has 0 bridgehead atoms. The number of aromatic nitrogens is 1. The van der Waals surface area contributed by atoms with Gasteiger partial charge in [0, 0.05) is 5.69 Å². The average molecular weight is 355 g/mol. The van der Waals surface area contributed by atoms with E-state index >= 15 is 0 Å². The maximum absolute atomic E-state index is 12.9. The SMILES string of the molecule is CCOC(=O)Cc1cc(C)nc(I)c1C(F)F. The van der Waals surface area contributed by atoms with E-state index < -0.39 is 12.4 Å². The molecule has 0 aromatic carbocycles. The van der Waals surface area contributed by atoms with E-state index in [-0.39, 0.29) is 27.9 Å². The van der Waals surface area contributed by atoms with Gasteiger partial charge in [-0.15, -0.1) is 0 Å². The predicted molar refractivity (Wildman–Crippen MR) is 67.0 cm³/mol. The number of pyridine rings is 1. The summed E-state index contributed by atoms with van der Waals surface area (Å²) in [4.78, 5) is 15.3. The maximum Gasteiger partial charge on any atom is 0.310 e. The molecule has 1 aromatic rings. The second-order valence-electron chi connectivity index (χ2n) is 3.41. The number of nitrogens with zero attached hydrogens (tertiary/aromatic N) is 1. The van der Waals surface area contributed by atoms with Crippen molar-refractivity contribution in [3.05, 3.63) is 26.6 Å². The molecule has 17 heavy (non-hydrogen) atoms. The smallest absolute Gasteiger partial charge is 0.310 e. The van der Waals surface area contributed by atoms with Gasteiger partial charge in [-0.25, -0.2) is 13.8 Å². The molecule has 0 aliphatic heterocycles. The molecule has 0 N–H and O–H groups in total. The van der Waals surface area contributed by atoms with Crippen LogP contribution in [0.5, 0.6) is 0 Å². The van der Waals surface area contributed by atoms with Crippen molar-refractivity contribution < 1.29 is 18.3 Å². The molecule has 0 aliphatic rings. The molecule has 0 unspecified atom stereocenters. The Kier molecular flexibility index (Phi) is 5.23. The number of carbonyl (C=O) groups is 1. The molecule has 0 fully saturated rings. The van der Waals surface area contributed by atoms with E-state index in [0.29, 0.717) is 5.69 Å². The highest BCUT2D eigenvalue weighted by Gasteiger charge is 2.20. The van der Waals surface area contributed by atoms with Crippen LogP contribution >= 0.6 is 22.6 Å². The van der Waals surface area contributed by atoms with Crippen LogP contribution in [0.25, 0.3) is 0 Å². The summed E-state index contributed by atoms with van der Waals surface area (Å²) in [6, 6.07) is 1.50. The van der Waals surface area contributed by atoms with Crippen LogP contribution < -0.4 is 0 Å². The molecular formula is C11H12F2INO2. The maximum atomic E-state index is 12.9. The Morgan fingerprint density at radius 2 is 2.24 bits per heavy atom. The van der Waals surface area contributed by atoms with E-state index in [0.717, 1.165) is 0 Å². The van der Waals surface area contributed by atoms with Gasteiger partial charge < -0.3 is 4.74 Å². The van der Waals surface area contributed by atoms with Crippen molar-refractivity contribution in [2.75, 3.05) is 6.61 Å². The van der Waals surface area contributed by atoms with Crippen molar-refractivity contribution in [1.29, 1.82) is 0 Å². The highest BCUT2D eigenvalue weighted by Crippen LogP contribution is 2.28. The topological polar surface area (TPSA) is 39.2 Å². The van der Waals surface area contributed by atoms with Gasteiger partial charge in [0.15, 0.2) is 0 Å². The Balaban J connectivity index is 3.08. The number of carbonyl (C=O) groups excluding carboxylic acids is 1. The first-order valence-corrected chi connectivity index (χ1v) is 6.13. The molecule has 3 nitrogen and oxygen atoms in total. The zero-order chi connectivity index (χ0) is 13.0. The number of ether oxygens (including phenoxy) is 1. The third-order valence-electron chi connectivity index (χ3n) is 2.08. The zero-order valence-corrected chi connectivity index (χ0v) is 11.6. The molecule has 1 heterocycles. The summed E-state index contributed by atoms with van der Waals surface area (Å²) >= 11 is 1.75. The zero-order valence-electron chi connectivity index (χ0n) is 9.47. The van der Waals surface area contributed by atoms with Gasteiger partial charge in [-0.1, -0.05) is 0 Å². The van der Waals surface area contributed by atoms with E-state index in [1.54, 1.807) is 36.4 Å². The first-order chi connectivity index (χ1) is 7.95. The van der Waals surface area contributed by atoms with Crippen LogP contribution in [0.1, 0.15) is 30.2 Å². The Labute approximate surface area is 112 Å². The van der Waals surface area contributed by atoms with Crippen LogP contribution in [-0.4, -0.2) is 17.6 Å². The van der Waals surface area contributed by atoms with Crippen molar-refractivity contribution in [2.24, 2.45) is 0 Å². The Hall–Kier alpha value is -0.790. The van der Waals surface area contributed by atoms with Crippen molar-refractivity contribution in [3.63, 3.8) is 0 Å². The van der Waals surface area contributed by atoms with Gasteiger partial charge in [-0.05, 0) is 48.1 Å². The lowest BCUT2D eigenvalue weighted by Crippen LogP contribution is -2.11. The standard InChI is InChI=1S/C11H12F2INO2/c1-3-17-8(16)5-7-4-6(2)15-11(14)9(7)10(12)13/h4,10H,3,5H2,1-2H3. The van der Waals surface area contributed by atoms with Crippen molar-refractivity contribution in [3.8, 4) is 0 Å². The minimum atomic E-state index is -2.64. The number of esters is 1. The highest BCUT2D eigenvalue weighted by molar-refractivity contribution is 14.1. The van der Waals surface area contributed by atoms with Gasteiger partial charge in [0.2, 0.25) is 0 Å². The molecule has 0 atom stereocenters. The van der Waals surface area contributed by atoms with Gasteiger partial charge in [-0.2, -0.15) is 0 Å². The van der Waals surface area contributed by atoms with Crippen LogP contribution in [0.3, 0.4) is 0 Å². The molecular weight excluding hydrogens is 343 g/mol. The number of alkyl halides is 2. The van der Waals surface area contributed by atoms with E-state index in [1.165, 1.54) is 6.07 Å². The number of hydrogen-bond donors (Lipinski definition) is 0. The average Bonchev–Trinajstić information content (AvgIpc) is 2.15. The van der Waals surface area contributed by atoms with E-state index in [1.807, 2.05) is 0 Å². The first kappa shape index (κ1) is 14.3. The van der Waals surface area contributed by atoms with Gasteiger partial charge in [0.1, 0.15) is 3.70 Å². The molecule has 0 aliphatic carbocycles. The lowest BCUT2D eigenvalue weighted by molar-refractivity contribution is -0.142. The summed E-state index contributed by atoms with van der Waals surface area (Å²) in [5.41, 5.74) is 0.720. The molecule has 94 valence electrons. The lowest BCUT2D eigenvalue weighted by atomic mass is 10.1. The molecule has 0 spiro atoms. The minimum absolute atomic E-state index is 0.146. The molecule has 1 aromatic heterocycles. The van der Waals surface area contributed by atoms with Gasteiger partial charge in [0.25, 0.3) is 6.43 Å². The van der Waals surface area contributed by atoms with E-state index in [9.17, 15) is 13.6 Å². The fourth-order valence-corrected chi connectivity index (χ4v) is 2.42. The minimum Gasteiger partial charge on any atom is -0.466 e. The Morgan fingerprint density at radius 1 is 1.59 bits per heavy atom. The van der Waals surface area contributed by atoms with Crippen LogP contribution in [0.4, 0.5) is 8.78 Å². The summed E-state index contributed by atoms with van der Waals surface area (Å²) in [6.07, 6.45) is -2.79. The molecule has 1 rings (SSSR count). The Bertz CT molecular complexity index is 424. The molecule has 0 saturated carbocycles. The third-order valence-corrected chi connectivity index (χ3v) is 2.91. The Morgan fingerprint density at radius 3 is 2.76 bits per heavy atom. The van der Waals surface area contributed by atoms with Crippen LogP contribution in [0, 0.1) is 10.6 Å². The van der Waals surface area contributed by atoms with E-state index in [4.69, 9.17) is 4.74 Å². The predicted octanol–water partition coefficient (Wildman–Crippen LogP) is 3.04. The fraction of sp³-hybridized carbons (Fsp3) is 0.455. The first-order valence-electron chi connectivity index (χ1n) is 5.05. The highest BCUT2D eigenvalue weighted by atomic mass is 127. The van der Waals surface area contributed by atoms with Crippen molar-refractivity contribution >= 4 is 28.6 Å². The van der Waals surface area contributed by atoms with Crippen LogP contribution in [0.15, 0.2) is 6.07 Å². The number of aryl methyl sites for hydroxylation is 1. The largest absolute Gasteiger partial charge is 0.466 e. The fourth-order valence-electron chi connectivity index (χ4n) is 1.45. The van der Waals surface area contributed by atoms with Gasteiger partial charge in [-0.3, -0.25) is 4.79 Å². The summed E-state index contributed by atoms with van der Waals surface area (Å²) in [6.45, 7) is 3.61. The van der Waals surface area contributed by atoms with E-state index in [2.05, 4.69) is 4.98 Å². The van der Waals surface area contributed by atoms with Gasteiger partial charge >= 0.3 is 5.97 Å². The summed E-state index contributed by atoms with van der Waals surface area (Å²) in [5, 5.41) is 0. The third kappa shape index (κ3) is 3.86. The molecule has 0 radical (unpaired) electrons. The van der Waals surface area contributed by atoms with Crippen molar-refractivity contribution in [2.45, 2.75) is 26.7 Å². The van der Waals surface area contributed by atoms with Crippen LogP contribution in [-0.2, 0) is 16.0 Å². The van der Waals surface area contributed by atoms with Gasteiger partial charge in [0.05, 0.1) is 18.6 Å². The van der Waals surface area contributed by atoms with Crippen molar-refractivity contribution in [1.82, 2.24) is 4.98 Å². The summed E-state index contributed by atoms with van der Waals surface area (Å²) in [7, 11) is 0. The lowest BCUT2D eigenvalue weighted by Gasteiger charge is -2.11. The molecule has 6 heteroatoms. The quantitative estimate of drug-likeness (QED) is 0.474. The number of halogens is 3. The monoisotopic (exact) mass is 355 g/mol. The molecule has 0 saturated heterocycles. The number of rotatable bonds is 4. The normalized spacial score (nSPS) is 10.7. The molecule has 0 amide bonds. The second kappa shape index (κ2) is 6.23. The second-order valence-corrected chi connectivity index (χ2v) is 4.43.